The molecular formula is C16H12N2O2. The van der Waals surface area contributed by atoms with Crippen molar-refractivity contribution in [2.45, 2.75) is 0 Å². The second-order valence-corrected chi connectivity index (χ2v) is 3.99. The van der Waals surface area contributed by atoms with Gasteiger partial charge in [0.25, 0.3) is 0 Å². The van der Waals surface area contributed by atoms with Crippen LogP contribution in [-0.2, 0) is 0 Å². The Morgan fingerprint density at radius 3 is 2.65 bits per heavy atom. The molecule has 1 aromatic heterocycles. The third-order valence-electron chi connectivity index (χ3n) is 2.66. The zero-order chi connectivity index (χ0) is 14.4. The molecule has 0 bridgehead atoms. The lowest BCUT2D eigenvalue weighted by Crippen LogP contribution is -1.99. The maximum absolute atomic E-state index is 11.9. The largest absolute Gasteiger partial charge is 0.497 e. The first-order valence-electron chi connectivity index (χ1n) is 5.96. The highest BCUT2D eigenvalue weighted by atomic mass is 16.5. The summed E-state index contributed by atoms with van der Waals surface area (Å²) in [6.45, 7) is 0. The first kappa shape index (κ1) is 13.5. The standard InChI is InChI=1S/C16H12N2O2/c1-20-14-8-5-12(6-9-14)7-10-16(19)15-4-2-3-13(11-17)18-15/h2-10H,1H3. The van der Waals surface area contributed by atoms with Gasteiger partial charge in [-0.25, -0.2) is 4.98 Å². The van der Waals surface area contributed by atoms with Gasteiger partial charge in [0.1, 0.15) is 23.2 Å². The molecular weight excluding hydrogens is 252 g/mol. The number of carbonyl (C=O) groups is 1. The van der Waals surface area contributed by atoms with Crippen molar-refractivity contribution in [3.05, 3.63) is 65.5 Å². The number of rotatable bonds is 4. The quantitative estimate of drug-likeness (QED) is 0.629. The summed E-state index contributed by atoms with van der Waals surface area (Å²) in [5.74, 6) is 0.523. The molecule has 0 radical (unpaired) electrons. The van der Waals surface area contributed by atoms with Crippen molar-refractivity contribution in [3.63, 3.8) is 0 Å². The van der Waals surface area contributed by atoms with E-state index in [2.05, 4.69) is 4.98 Å². The smallest absolute Gasteiger partial charge is 0.204 e. The summed E-state index contributed by atoms with van der Waals surface area (Å²) >= 11 is 0. The normalized spacial score (nSPS) is 10.2. The lowest BCUT2D eigenvalue weighted by Gasteiger charge is -1.99. The second-order valence-electron chi connectivity index (χ2n) is 3.99. The van der Waals surface area contributed by atoms with Gasteiger partial charge in [-0.1, -0.05) is 24.3 Å². The summed E-state index contributed by atoms with van der Waals surface area (Å²) in [5, 5.41) is 8.75. The van der Waals surface area contributed by atoms with Crippen molar-refractivity contribution >= 4 is 11.9 Å². The van der Waals surface area contributed by atoms with Gasteiger partial charge in [-0.15, -0.1) is 0 Å². The first-order chi connectivity index (χ1) is 9.72. The van der Waals surface area contributed by atoms with Crippen LogP contribution in [0.1, 0.15) is 21.7 Å². The Labute approximate surface area is 117 Å². The van der Waals surface area contributed by atoms with Crippen LogP contribution in [0, 0.1) is 11.3 Å². The molecule has 98 valence electrons. The van der Waals surface area contributed by atoms with E-state index in [-0.39, 0.29) is 17.2 Å². The summed E-state index contributed by atoms with van der Waals surface area (Å²) in [6, 6.07) is 14.0. The fourth-order valence-corrected chi connectivity index (χ4v) is 1.61. The number of carbonyl (C=O) groups excluding carboxylic acids is 1. The van der Waals surface area contributed by atoms with Crippen molar-refractivity contribution in [1.29, 1.82) is 5.26 Å². The average Bonchev–Trinajstić information content (AvgIpc) is 2.53. The van der Waals surface area contributed by atoms with Crippen LogP contribution < -0.4 is 4.74 Å². The molecule has 4 nitrogen and oxygen atoms in total. The first-order valence-corrected chi connectivity index (χ1v) is 5.96. The number of allylic oxidation sites excluding steroid dienone is 1. The Morgan fingerprint density at radius 1 is 1.25 bits per heavy atom. The van der Waals surface area contributed by atoms with Crippen LogP contribution >= 0.6 is 0 Å². The molecule has 2 rings (SSSR count). The van der Waals surface area contributed by atoms with Gasteiger partial charge in [0.15, 0.2) is 0 Å². The van der Waals surface area contributed by atoms with E-state index in [9.17, 15) is 4.79 Å². The summed E-state index contributed by atoms with van der Waals surface area (Å²) in [7, 11) is 1.60. The van der Waals surface area contributed by atoms with Crippen LogP contribution in [-0.4, -0.2) is 17.9 Å². The van der Waals surface area contributed by atoms with Crippen LogP contribution in [0.5, 0.6) is 5.75 Å². The Hall–Kier alpha value is -2.93. The second kappa shape index (κ2) is 6.30. The molecule has 1 aromatic carbocycles. The van der Waals surface area contributed by atoms with Crippen molar-refractivity contribution < 1.29 is 9.53 Å². The highest BCUT2D eigenvalue weighted by Crippen LogP contribution is 2.12. The fraction of sp³-hybridized carbons (Fsp3) is 0.0625. The molecule has 0 saturated carbocycles. The maximum Gasteiger partial charge on any atom is 0.204 e. The molecule has 4 heteroatoms. The predicted octanol–water partition coefficient (Wildman–Crippen LogP) is 2.86. The van der Waals surface area contributed by atoms with Gasteiger partial charge < -0.3 is 4.74 Å². The minimum atomic E-state index is -0.238. The van der Waals surface area contributed by atoms with Crippen molar-refractivity contribution in [2.24, 2.45) is 0 Å². The van der Waals surface area contributed by atoms with Crippen molar-refractivity contribution in [3.8, 4) is 11.8 Å². The van der Waals surface area contributed by atoms with Crippen molar-refractivity contribution in [1.82, 2.24) is 4.98 Å². The fourth-order valence-electron chi connectivity index (χ4n) is 1.61. The number of hydrogen-bond donors (Lipinski definition) is 0. The summed E-state index contributed by atoms with van der Waals surface area (Å²) in [4.78, 5) is 15.9. The van der Waals surface area contributed by atoms with Crippen LogP contribution in [0.2, 0.25) is 0 Å². The average molecular weight is 264 g/mol. The summed E-state index contributed by atoms with van der Waals surface area (Å²) in [6.07, 6.45) is 3.13. The SMILES string of the molecule is COc1ccc(C=CC(=O)c2cccc(C#N)n2)cc1. The molecule has 0 spiro atoms. The summed E-state index contributed by atoms with van der Waals surface area (Å²) < 4.78 is 5.06. The van der Waals surface area contributed by atoms with Crippen LogP contribution in [0.3, 0.4) is 0 Å². The third kappa shape index (κ3) is 3.30. The Kier molecular flexibility index (Phi) is 4.25. The van der Waals surface area contributed by atoms with E-state index in [1.807, 2.05) is 30.3 Å². The molecule has 0 aliphatic heterocycles. The van der Waals surface area contributed by atoms with Crippen LogP contribution in [0.25, 0.3) is 6.08 Å². The van der Waals surface area contributed by atoms with Crippen LogP contribution in [0.4, 0.5) is 0 Å². The molecule has 0 N–H and O–H groups in total. The Morgan fingerprint density at radius 2 is 2.00 bits per heavy atom. The van der Waals surface area contributed by atoms with Gasteiger partial charge in [0.05, 0.1) is 7.11 Å². The Bertz CT molecular complexity index is 682. The third-order valence-corrected chi connectivity index (χ3v) is 2.66. The number of ketones is 1. The number of pyridine rings is 1. The van der Waals surface area contributed by atoms with Gasteiger partial charge in [0, 0.05) is 0 Å². The summed E-state index contributed by atoms with van der Waals surface area (Å²) in [5.41, 5.74) is 1.37. The van der Waals surface area contributed by atoms with Crippen LogP contribution in [0.15, 0.2) is 48.5 Å². The minimum absolute atomic E-state index is 0.230. The lowest BCUT2D eigenvalue weighted by molar-refractivity contribution is 0.104. The van der Waals surface area contributed by atoms with E-state index in [0.717, 1.165) is 11.3 Å². The number of nitrogens with zero attached hydrogens (tertiary/aromatic N) is 2. The minimum Gasteiger partial charge on any atom is -0.497 e. The van der Waals surface area contributed by atoms with E-state index in [1.54, 1.807) is 31.4 Å². The molecule has 0 atom stereocenters. The molecule has 1 heterocycles. The van der Waals surface area contributed by atoms with E-state index in [0.29, 0.717) is 0 Å². The predicted molar refractivity (Wildman–Crippen MR) is 75.3 cm³/mol. The lowest BCUT2D eigenvalue weighted by atomic mass is 10.1. The number of hydrogen-bond acceptors (Lipinski definition) is 4. The van der Waals surface area contributed by atoms with Gasteiger partial charge in [-0.3, -0.25) is 4.79 Å². The number of methoxy groups -OCH3 is 1. The molecule has 0 amide bonds. The molecule has 0 unspecified atom stereocenters. The zero-order valence-corrected chi connectivity index (χ0v) is 10.9. The molecule has 20 heavy (non-hydrogen) atoms. The maximum atomic E-state index is 11.9. The van der Waals surface area contributed by atoms with E-state index >= 15 is 0 Å². The molecule has 0 aliphatic carbocycles. The van der Waals surface area contributed by atoms with Crippen molar-refractivity contribution in [2.75, 3.05) is 7.11 Å². The van der Waals surface area contributed by atoms with E-state index in [4.69, 9.17) is 10.00 Å². The number of benzene rings is 1. The molecule has 0 fully saturated rings. The topological polar surface area (TPSA) is 63.0 Å². The highest BCUT2D eigenvalue weighted by Gasteiger charge is 2.04. The number of ether oxygens (including phenoxy) is 1. The van der Waals surface area contributed by atoms with E-state index < -0.39 is 0 Å². The van der Waals surface area contributed by atoms with Gasteiger partial charge in [-0.2, -0.15) is 5.26 Å². The van der Waals surface area contributed by atoms with E-state index in [1.165, 1.54) is 6.08 Å². The monoisotopic (exact) mass is 264 g/mol. The van der Waals surface area contributed by atoms with Gasteiger partial charge in [0.2, 0.25) is 5.78 Å². The van der Waals surface area contributed by atoms with Gasteiger partial charge in [-0.05, 0) is 35.9 Å². The highest BCUT2D eigenvalue weighted by molar-refractivity contribution is 6.05. The number of nitriles is 1. The number of aromatic nitrogens is 1. The molecule has 0 aliphatic rings. The Balaban J connectivity index is 2.13. The molecule has 0 saturated heterocycles. The molecule has 2 aromatic rings. The zero-order valence-electron chi connectivity index (χ0n) is 10.9. The van der Waals surface area contributed by atoms with Gasteiger partial charge >= 0.3 is 0 Å².